The van der Waals surface area contributed by atoms with Crippen LogP contribution in [0.5, 0.6) is 0 Å². The van der Waals surface area contributed by atoms with Crippen LogP contribution >= 0.6 is 11.6 Å². The van der Waals surface area contributed by atoms with Gasteiger partial charge in [0.1, 0.15) is 0 Å². The Balaban J connectivity index is 2.97. The zero-order chi connectivity index (χ0) is 12.0. The van der Waals surface area contributed by atoms with Crippen molar-refractivity contribution >= 4 is 11.6 Å². The van der Waals surface area contributed by atoms with Gasteiger partial charge in [0.15, 0.2) is 0 Å². The highest BCUT2D eigenvalue weighted by Gasteiger charge is 2.11. The van der Waals surface area contributed by atoms with Gasteiger partial charge >= 0.3 is 0 Å². The Hall–Kier alpha value is -0.970. The topological polar surface area (TPSA) is 12.0 Å². The molecule has 0 aliphatic carbocycles. The highest BCUT2D eigenvalue weighted by molar-refractivity contribution is 6.30. The van der Waals surface area contributed by atoms with Crippen LogP contribution in [0.4, 0.5) is 0 Å². The summed E-state index contributed by atoms with van der Waals surface area (Å²) in [4.78, 5) is 0. The maximum absolute atomic E-state index is 6.03. The fraction of sp³-hybridized carbons (Fsp3) is 0.429. The van der Waals surface area contributed by atoms with Gasteiger partial charge in [-0.3, -0.25) is 0 Å². The van der Waals surface area contributed by atoms with Crippen molar-refractivity contribution in [2.75, 3.05) is 6.54 Å². The smallest absolute Gasteiger partial charge is 0.0433 e. The molecule has 2 heteroatoms. The molecule has 0 aliphatic heterocycles. The number of halogens is 1. The number of benzene rings is 1. The lowest BCUT2D eigenvalue weighted by Gasteiger charge is -2.18. The van der Waals surface area contributed by atoms with E-state index in [1.165, 1.54) is 11.1 Å². The van der Waals surface area contributed by atoms with Crippen LogP contribution < -0.4 is 5.32 Å². The molecule has 1 nitrogen and oxygen atoms in total. The van der Waals surface area contributed by atoms with E-state index in [2.05, 4.69) is 37.1 Å². The highest BCUT2D eigenvalue weighted by Crippen LogP contribution is 2.23. The largest absolute Gasteiger partial charge is 0.309 e. The molecule has 1 N–H and O–H groups in total. The Labute approximate surface area is 103 Å². The number of rotatable bonds is 4. The second kappa shape index (κ2) is 6.58. The van der Waals surface area contributed by atoms with Crippen molar-refractivity contribution in [3.05, 3.63) is 34.3 Å². The lowest BCUT2D eigenvalue weighted by Crippen LogP contribution is -2.21. The first-order valence-corrected chi connectivity index (χ1v) is 5.95. The van der Waals surface area contributed by atoms with Gasteiger partial charge < -0.3 is 5.32 Å². The summed E-state index contributed by atoms with van der Waals surface area (Å²) in [5.41, 5.74) is 2.50. The van der Waals surface area contributed by atoms with Crippen LogP contribution in [0, 0.1) is 18.8 Å². The van der Waals surface area contributed by atoms with Gasteiger partial charge in [-0.15, -0.1) is 11.8 Å². The zero-order valence-corrected chi connectivity index (χ0v) is 10.9. The summed E-state index contributed by atoms with van der Waals surface area (Å²) in [6.45, 7) is 7.01. The van der Waals surface area contributed by atoms with Crippen LogP contribution in [0.1, 0.15) is 37.4 Å². The standard InChI is InChI=1S/C14H18ClN/c1-4-6-7-14(16-5-2)13-10-12(15)9-8-11(13)3/h8-10,14,16H,5,7H2,1-3H3. The molecule has 0 aliphatic rings. The van der Waals surface area contributed by atoms with Gasteiger partial charge in [0, 0.05) is 17.5 Å². The lowest BCUT2D eigenvalue weighted by atomic mass is 9.99. The first-order valence-electron chi connectivity index (χ1n) is 5.58. The van der Waals surface area contributed by atoms with Gasteiger partial charge in [0.25, 0.3) is 0 Å². The van der Waals surface area contributed by atoms with Crippen molar-refractivity contribution in [1.82, 2.24) is 5.32 Å². The van der Waals surface area contributed by atoms with Crippen LogP contribution in [0.25, 0.3) is 0 Å². The third kappa shape index (κ3) is 3.56. The van der Waals surface area contributed by atoms with Crippen molar-refractivity contribution in [1.29, 1.82) is 0 Å². The Morgan fingerprint density at radius 2 is 2.19 bits per heavy atom. The third-order valence-corrected chi connectivity index (χ3v) is 2.79. The van der Waals surface area contributed by atoms with Crippen molar-refractivity contribution in [2.45, 2.75) is 33.2 Å². The minimum absolute atomic E-state index is 0.274. The molecular formula is C14H18ClN. The number of hydrogen-bond donors (Lipinski definition) is 1. The van der Waals surface area contributed by atoms with Gasteiger partial charge in [-0.1, -0.05) is 24.6 Å². The Morgan fingerprint density at radius 3 is 2.81 bits per heavy atom. The molecule has 0 radical (unpaired) electrons. The normalized spacial score (nSPS) is 11.8. The minimum atomic E-state index is 0.274. The molecule has 0 spiro atoms. The van der Waals surface area contributed by atoms with E-state index in [-0.39, 0.29) is 6.04 Å². The first kappa shape index (κ1) is 13.1. The molecule has 86 valence electrons. The number of hydrogen-bond acceptors (Lipinski definition) is 1. The van der Waals surface area contributed by atoms with Gasteiger partial charge in [-0.2, -0.15) is 0 Å². The van der Waals surface area contributed by atoms with Crippen LogP contribution in [0.15, 0.2) is 18.2 Å². The molecular weight excluding hydrogens is 218 g/mol. The molecule has 0 saturated heterocycles. The maximum Gasteiger partial charge on any atom is 0.0433 e. The minimum Gasteiger partial charge on any atom is -0.309 e. The van der Waals surface area contributed by atoms with Crippen molar-refractivity contribution in [3.8, 4) is 11.8 Å². The summed E-state index contributed by atoms with van der Waals surface area (Å²) in [7, 11) is 0. The average Bonchev–Trinajstić information content (AvgIpc) is 2.28. The Kier molecular flexibility index (Phi) is 5.38. The third-order valence-electron chi connectivity index (χ3n) is 2.55. The molecule has 0 amide bonds. The van der Waals surface area contributed by atoms with E-state index in [0.29, 0.717) is 0 Å². The van der Waals surface area contributed by atoms with Crippen LogP contribution in [0.3, 0.4) is 0 Å². The summed E-state index contributed by atoms with van der Waals surface area (Å²) in [5, 5.41) is 4.23. The Bertz CT molecular complexity index is 401. The van der Waals surface area contributed by atoms with Gasteiger partial charge in [-0.05, 0) is 43.7 Å². The lowest BCUT2D eigenvalue weighted by molar-refractivity contribution is 0.562. The molecule has 1 unspecified atom stereocenters. The van der Waals surface area contributed by atoms with Gasteiger partial charge in [0.2, 0.25) is 0 Å². The van der Waals surface area contributed by atoms with E-state index in [0.717, 1.165) is 18.0 Å². The van der Waals surface area contributed by atoms with Gasteiger partial charge in [-0.25, -0.2) is 0 Å². The highest BCUT2D eigenvalue weighted by atomic mass is 35.5. The monoisotopic (exact) mass is 235 g/mol. The van der Waals surface area contributed by atoms with E-state index in [1.807, 2.05) is 19.1 Å². The van der Waals surface area contributed by atoms with E-state index in [4.69, 9.17) is 11.6 Å². The van der Waals surface area contributed by atoms with E-state index in [1.54, 1.807) is 0 Å². The summed E-state index contributed by atoms with van der Waals surface area (Å²) in [6, 6.07) is 6.29. The predicted molar refractivity (Wildman–Crippen MR) is 70.7 cm³/mol. The fourth-order valence-corrected chi connectivity index (χ4v) is 1.91. The van der Waals surface area contributed by atoms with Crippen molar-refractivity contribution in [2.24, 2.45) is 0 Å². The van der Waals surface area contributed by atoms with E-state index in [9.17, 15) is 0 Å². The SMILES string of the molecule is CC#CCC(NCC)c1cc(Cl)ccc1C. The predicted octanol–water partition coefficient (Wildman–Crippen LogP) is 3.71. The molecule has 1 aromatic carbocycles. The molecule has 0 fully saturated rings. The summed E-state index contributed by atoms with van der Waals surface area (Å²) in [5.74, 6) is 6.06. The molecule has 0 aromatic heterocycles. The molecule has 1 aromatic rings. The Morgan fingerprint density at radius 1 is 1.44 bits per heavy atom. The molecule has 1 atom stereocenters. The maximum atomic E-state index is 6.03. The van der Waals surface area contributed by atoms with Crippen molar-refractivity contribution < 1.29 is 0 Å². The number of nitrogens with one attached hydrogen (secondary N) is 1. The van der Waals surface area contributed by atoms with E-state index < -0.39 is 0 Å². The molecule has 1 rings (SSSR count). The molecule has 16 heavy (non-hydrogen) atoms. The quantitative estimate of drug-likeness (QED) is 0.785. The van der Waals surface area contributed by atoms with Crippen LogP contribution in [-0.4, -0.2) is 6.54 Å². The summed E-state index contributed by atoms with van der Waals surface area (Å²) in [6.07, 6.45) is 0.825. The summed E-state index contributed by atoms with van der Waals surface area (Å²) >= 11 is 6.03. The fourth-order valence-electron chi connectivity index (χ4n) is 1.73. The molecule has 0 bridgehead atoms. The number of aryl methyl sites for hydroxylation is 1. The van der Waals surface area contributed by atoms with Crippen LogP contribution in [0.2, 0.25) is 5.02 Å². The van der Waals surface area contributed by atoms with Crippen molar-refractivity contribution in [3.63, 3.8) is 0 Å². The molecule has 0 heterocycles. The first-order chi connectivity index (χ1) is 7.69. The van der Waals surface area contributed by atoms with E-state index >= 15 is 0 Å². The zero-order valence-electron chi connectivity index (χ0n) is 10.1. The average molecular weight is 236 g/mol. The molecule has 0 saturated carbocycles. The summed E-state index contributed by atoms with van der Waals surface area (Å²) < 4.78 is 0. The van der Waals surface area contributed by atoms with Gasteiger partial charge in [0.05, 0.1) is 0 Å². The van der Waals surface area contributed by atoms with Crippen LogP contribution in [-0.2, 0) is 0 Å². The second-order valence-corrected chi connectivity index (χ2v) is 4.18. The second-order valence-electron chi connectivity index (χ2n) is 3.74.